The van der Waals surface area contributed by atoms with Crippen LogP contribution in [0.5, 0.6) is 0 Å². The Bertz CT molecular complexity index is 299. The van der Waals surface area contributed by atoms with Gasteiger partial charge in [-0.15, -0.1) is 0 Å². The second-order valence-corrected chi connectivity index (χ2v) is 5.04. The Labute approximate surface area is 103 Å². The van der Waals surface area contributed by atoms with Crippen molar-refractivity contribution < 1.29 is 14.3 Å². The number of carbonyl (C=O) groups is 1. The van der Waals surface area contributed by atoms with E-state index < -0.39 is 0 Å². The van der Waals surface area contributed by atoms with Gasteiger partial charge in [0.05, 0.1) is 12.7 Å². The van der Waals surface area contributed by atoms with Gasteiger partial charge in [0.15, 0.2) is 0 Å². The molecule has 4 nitrogen and oxygen atoms in total. The molecule has 0 radical (unpaired) electrons. The first-order valence-corrected chi connectivity index (χ1v) is 6.04. The fourth-order valence-electron chi connectivity index (χ4n) is 2.18. The van der Waals surface area contributed by atoms with Crippen molar-refractivity contribution in [1.82, 2.24) is 5.32 Å². The lowest BCUT2D eigenvalue weighted by Gasteiger charge is -2.51. The predicted molar refractivity (Wildman–Crippen MR) is 66.8 cm³/mol. The zero-order chi connectivity index (χ0) is 13.1. The summed E-state index contributed by atoms with van der Waals surface area (Å²) in [5.74, 6) is -0.319. The predicted octanol–water partition coefficient (Wildman–Crippen LogP) is 1.51. The molecule has 98 valence electrons. The van der Waals surface area contributed by atoms with Crippen LogP contribution in [0.15, 0.2) is 12.2 Å². The van der Waals surface area contributed by atoms with Crippen LogP contribution < -0.4 is 5.32 Å². The zero-order valence-corrected chi connectivity index (χ0v) is 11.2. The van der Waals surface area contributed by atoms with Gasteiger partial charge in [0.25, 0.3) is 0 Å². The maximum absolute atomic E-state index is 11.4. The number of methoxy groups -OCH3 is 1. The molecule has 1 aliphatic carbocycles. The number of rotatable bonds is 6. The van der Waals surface area contributed by atoms with Gasteiger partial charge in [-0.05, 0) is 13.3 Å². The summed E-state index contributed by atoms with van der Waals surface area (Å²) >= 11 is 0. The fourth-order valence-corrected chi connectivity index (χ4v) is 2.18. The van der Waals surface area contributed by atoms with Gasteiger partial charge in [-0.25, -0.2) is 4.79 Å². The largest absolute Gasteiger partial charge is 0.463 e. The number of hydrogen-bond acceptors (Lipinski definition) is 4. The van der Waals surface area contributed by atoms with Crippen molar-refractivity contribution >= 4 is 5.97 Å². The van der Waals surface area contributed by atoms with Crippen molar-refractivity contribution in [2.45, 2.75) is 39.3 Å². The Morgan fingerprint density at radius 3 is 2.65 bits per heavy atom. The molecule has 4 heteroatoms. The molecule has 0 bridgehead atoms. The van der Waals surface area contributed by atoms with E-state index in [4.69, 9.17) is 9.47 Å². The third kappa shape index (κ3) is 3.07. The summed E-state index contributed by atoms with van der Waals surface area (Å²) in [6.45, 7) is 10.7. The third-order valence-corrected chi connectivity index (χ3v) is 3.59. The van der Waals surface area contributed by atoms with E-state index in [0.29, 0.717) is 24.8 Å². The average Bonchev–Trinajstić information content (AvgIpc) is 2.27. The molecule has 1 N–H and O–H groups in total. The summed E-state index contributed by atoms with van der Waals surface area (Å²) in [6, 6.07) is 0.360. The molecule has 0 saturated heterocycles. The Morgan fingerprint density at radius 1 is 1.53 bits per heavy atom. The minimum absolute atomic E-state index is 0.101. The van der Waals surface area contributed by atoms with Crippen LogP contribution in [0, 0.1) is 5.41 Å². The molecule has 0 aromatic heterocycles. The van der Waals surface area contributed by atoms with Crippen LogP contribution in [0.3, 0.4) is 0 Å². The summed E-state index contributed by atoms with van der Waals surface area (Å²) in [6.07, 6.45) is 1.26. The molecule has 1 rings (SSSR count). The summed E-state index contributed by atoms with van der Waals surface area (Å²) in [5.41, 5.74) is 0.576. The Morgan fingerprint density at radius 2 is 2.18 bits per heavy atom. The van der Waals surface area contributed by atoms with E-state index in [2.05, 4.69) is 25.7 Å². The first kappa shape index (κ1) is 14.2. The summed E-state index contributed by atoms with van der Waals surface area (Å²) in [4.78, 5) is 11.4. The molecule has 1 saturated carbocycles. The van der Waals surface area contributed by atoms with Gasteiger partial charge in [0, 0.05) is 30.7 Å². The van der Waals surface area contributed by atoms with E-state index in [9.17, 15) is 4.79 Å². The molecule has 2 unspecified atom stereocenters. The van der Waals surface area contributed by atoms with Gasteiger partial charge in [0.1, 0.15) is 0 Å². The topological polar surface area (TPSA) is 47.6 Å². The average molecular weight is 241 g/mol. The number of carbonyl (C=O) groups excluding carboxylic acids is 1. The van der Waals surface area contributed by atoms with Crippen molar-refractivity contribution in [1.29, 1.82) is 0 Å². The highest BCUT2D eigenvalue weighted by Crippen LogP contribution is 2.42. The van der Waals surface area contributed by atoms with Crippen LogP contribution in [-0.4, -0.2) is 38.4 Å². The molecular weight excluding hydrogens is 218 g/mol. The molecule has 0 amide bonds. The summed E-state index contributed by atoms with van der Waals surface area (Å²) in [7, 11) is 1.74. The molecule has 0 heterocycles. The highest BCUT2D eigenvalue weighted by Gasteiger charge is 2.48. The summed E-state index contributed by atoms with van der Waals surface area (Å²) in [5, 5.41) is 3.33. The molecule has 17 heavy (non-hydrogen) atoms. The first-order chi connectivity index (χ1) is 7.93. The number of nitrogens with one attached hydrogen (secondary N) is 1. The lowest BCUT2D eigenvalue weighted by molar-refractivity contribution is -0.138. The Hall–Kier alpha value is -0.870. The van der Waals surface area contributed by atoms with Crippen molar-refractivity contribution in [3.8, 4) is 0 Å². The van der Waals surface area contributed by atoms with Gasteiger partial charge in [0.2, 0.25) is 0 Å². The van der Waals surface area contributed by atoms with E-state index in [-0.39, 0.29) is 17.5 Å². The second-order valence-electron chi connectivity index (χ2n) is 5.04. The van der Waals surface area contributed by atoms with E-state index in [1.807, 2.05) is 0 Å². The zero-order valence-electron chi connectivity index (χ0n) is 11.2. The van der Waals surface area contributed by atoms with Gasteiger partial charge in [-0.1, -0.05) is 20.4 Å². The molecule has 1 fully saturated rings. The smallest absolute Gasteiger partial charge is 0.334 e. The number of esters is 1. The van der Waals surface area contributed by atoms with Crippen LogP contribution in [0.4, 0.5) is 0 Å². The van der Waals surface area contributed by atoms with Crippen LogP contribution in [0.1, 0.15) is 27.2 Å². The van der Waals surface area contributed by atoms with E-state index >= 15 is 0 Å². The van der Waals surface area contributed by atoms with E-state index in [1.54, 1.807) is 14.0 Å². The van der Waals surface area contributed by atoms with E-state index in [0.717, 1.165) is 6.42 Å². The van der Waals surface area contributed by atoms with Crippen LogP contribution >= 0.6 is 0 Å². The number of hydrogen-bond donors (Lipinski definition) is 1. The first-order valence-electron chi connectivity index (χ1n) is 6.04. The highest BCUT2D eigenvalue weighted by molar-refractivity contribution is 5.88. The molecule has 0 aromatic carbocycles. The summed E-state index contributed by atoms with van der Waals surface area (Å²) < 4.78 is 10.2. The van der Waals surface area contributed by atoms with Crippen molar-refractivity contribution in [3.63, 3.8) is 0 Å². The van der Waals surface area contributed by atoms with Crippen LogP contribution in [0.25, 0.3) is 0 Å². The van der Waals surface area contributed by atoms with Crippen molar-refractivity contribution in [3.05, 3.63) is 12.2 Å². The molecule has 1 aliphatic rings. The molecule has 0 aromatic rings. The highest BCUT2D eigenvalue weighted by atomic mass is 16.5. The normalized spacial score (nSPS) is 26.1. The number of ether oxygens (including phenoxy) is 2. The quantitative estimate of drug-likeness (QED) is 0.565. The van der Waals surface area contributed by atoms with Gasteiger partial charge in [-0.3, -0.25) is 0 Å². The second kappa shape index (κ2) is 5.65. The maximum atomic E-state index is 11.4. The SMILES string of the molecule is C=C(CNC1CC(OC)C1(C)C)C(=O)OCC. The standard InChI is InChI=1S/C13H23NO3/c1-6-17-12(15)9(2)8-14-10-7-11(16-5)13(10,3)4/h10-11,14H,2,6-8H2,1,3-5H3. The van der Waals surface area contributed by atoms with Crippen molar-refractivity contribution in [2.75, 3.05) is 20.3 Å². The van der Waals surface area contributed by atoms with E-state index in [1.165, 1.54) is 0 Å². The molecule has 2 atom stereocenters. The maximum Gasteiger partial charge on any atom is 0.334 e. The monoisotopic (exact) mass is 241 g/mol. The van der Waals surface area contributed by atoms with Crippen LogP contribution in [0.2, 0.25) is 0 Å². The Kier molecular flexibility index (Phi) is 4.71. The molecule has 0 spiro atoms. The van der Waals surface area contributed by atoms with Crippen molar-refractivity contribution in [2.24, 2.45) is 5.41 Å². The van der Waals surface area contributed by atoms with Gasteiger partial charge in [-0.2, -0.15) is 0 Å². The molecule has 0 aliphatic heterocycles. The minimum Gasteiger partial charge on any atom is -0.463 e. The lowest BCUT2D eigenvalue weighted by atomic mass is 9.64. The van der Waals surface area contributed by atoms with Crippen LogP contribution in [-0.2, 0) is 14.3 Å². The third-order valence-electron chi connectivity index (χ3n) is 3.59. The van der Waals surface area contributed by atoms with Gasteiger partial charge < -0.3 is 14.8 Å². The Balaban J connectivity index is 2.33. The fraction of sp³-hybridized carbons (Fsp3) is 0.769. The van der Waals surface area contributed by atoms with Gasteiger partial charge >= 0.3 is 5.97 Å². The molecular formula is C13H23NO3. The lowest BCUT2D eigenvalue weighted by Crippen LogP contribution is -2.61. The minimum atomic E-state index is -0.319.